The number of aromatic nitrogens is 1. The number of likely N-dealkylation sites (N-methyl/N-ethyl adjacent to an activating group) is 1. The molecule has 2 aliphatic heterocycles. The highest BCUT2D eigenvalue weighted by molar-refractivity contribution is 7.09. The number of carbonyl (C=O) groups excluding carboxylic acids is 4. The normalized spacial score (nSPS) is 23.2. The standard InChI is InChI=1S/C40H61FN6O6S/c1-9-26(4)33(46(6)38(51)40(42,25(2)3)37(50)39(41)17-18-43-24-39)31(52-7)23-32(48)47-20-13-16-30(47)34(53-8)27(5)35(49)45-29(36-44-19-21-54-36)22-28-14-11-10-12-15-28/h10-12,14-15,19,21,25-27,29-31,33-34,43H,9,13,16-18,20,22-24,42H2,1-8H3,(H,45,49)/t26-,27+,29-,30-,31+,33-,34+,39-,40+/m0/s1. The predicted molar refractivity (Wildman–Crippen MR) is 207 cm³/mol. The van der Waals surface area contributed by atoms with Gasteiger partial charge in [-0.1, -0.05) is 71.4 Å². The molecule has 0 aliphatic carbocycles. The van der Waals surface area contributed by atoms with Crippen molar-refractivity contribution in [2.75, 3.05) is 40.9 Å². The Kier molecular flexibility index (Phi) is 15.3. The van der Waals surface area contributed by atoms with E-state index in [-0.39, 0.29) is 49.2 Å². The first-order valence-electron chi connectivity index (χ1n) is 19.2. The highest BCUT2D eigenvalue weighted by Gasteiger charge is 2.57. The minimum atomic E-state index is -2.25. The van der Waals surface area contributed by atoms with E-state index in [2.05, 4.69) is 15.6 Å². The van der Waals surface area contributed by atoms with E-state index in [0.717, 1.165) is 17.0 Å². The zero-order valence-corrected chi connectivity index (χ0v) is 34.0. The third kappa shape index (κ3) is 9.38. The van der Waals surface area contributed by atoms with Crippen LogP contribution in [0.25, 0.3) is 0 Å². The van der Waals surface area contributed by atoms with E-state index in [0.29, 0.717) is 32.4 Å². The molecule has 0 saturated carbocycles. The Morgan fingerprint density at radius 2 is 1.87 bits per heavy atom. The second kappa shape index (κ2) is 19.0. The van der Waals surface area contributed by atoms with Crippen LogP contribution < -0.4 is 16.4 Å². The molecular formula is C40H61FN6O6S. The minimum absolute atomic E-state index is 0.0572. The topological polar surface area (TPSA) is 156 Å². The fourth-order valence-corrected chi connectivity index (χ4v) is 8.87. The fraction of sp³-hybridized carbons (Fsp3) is 0.675. The molecule has 4 rings (SSSR count). The molecule has 0 bridgehead atoms. The Balaban J connectivity index is 1.52. The van der Waals surface area contributed by atoms with E-state index in [4.69, 9.17) is 15.2 Å². The molecular weight excluding hydrogens is 712 g/mol. The highest BCUT2D eigenvalue weighted by Crippen LogP contribution is 2.34. The first-order chi connectivity index (χ1) is 25.6. The summed E-state index contributed by atoms with van der Waals surface area (Å²) in [4.78, 5) is 63.9. The van der Waals surface area contributed by atoms with Crippen LogP contribution in [0.3, 0.4) is 0 Å². The molecule has 14 heteroatoms. The van der Waals surface area contributed by atoms with Crippen LogP contribution in [0.15, 0.2) is 41.9 Å². The van der Waals surface area contributed by atoms with Crippen LogP contribution >= 0.6 is 11.3 Å². The largest absolute Gasteiger partial charge is 0.379 e. The van der Waals surface area contributed by atoms with Gasteiger partial charge in [0, 0.05) is 52.4 Å². The summed E-state index contributed by atoms with van der Waals surface area (Å²) < 4.78 is 27.8. The second-order valence-corrected chi connectivity index (χ2v) is 16.3. The summed E-state index contributed by atoms with van der Waals surface area (Å²) in [7, 11) is 4.62. The molecule has 3 heterocycles. The second-order valence-electron chi connectivity index (χ2n) is 15.4. The number of alkyl halides is 1. The molecule has 300 valence electrons. The molecule has 0 unspecified atom stereocenters. The smallest absolute Gasteiger partial charge is 0.250 e. The highest BCUT2D eigenvalue weighted by atomic mass is 32.1. The van der Waals surface area contributed by atoms with Crippen LogP contribution in [0, 0.1) is 17.8 Å². The van der Waals surface area contributed by atoms with Crippen molar-refractivity contribution in [2.45, 2.75) is 115 Å². The average molecular weight is 773 g/mol. The number of carbonyl (C=O) groups is 4. The van der Waals surface area contributed by atoms with Crippen LogP contribution in [0.4, 0.5) is 4.39 Å². The van der Waals surface area contributed by atoms with Gasteiger partial charge in [0.15, 0.2) is 11.2 Å². The van der Waals surface area contributed by atoms with E-state index in [1.54, 1.807) is 39.1 Å². The summed E-state index contributed by atoms with van der Waals surface area (Å²) >= 11 is 1.49. The van der Waals surface area contributed by atoms with Crippen molar-refractivity contribution in [2.24, 2.45) is 23.5 Å². The number of amides is 3. The number of ketones is 1. The van der Waals surface area contributed by atoms with Crippen LogP contribution in [-0.4, -0.2) is 115 Å². The van der Waals surface area contributed by atoms with Crippen LogP contribution in [0.2, 0.25) is 0 Å². The van der Waals surface area contributed by atoms with Crippen molar-refractivity contribution < 1.29 is 33.0 Å². The van der Waals surface area contributed by atoms with E-state index in [1.807, 2.05) is 56.5 Å². The van der Waals surface area contributed by atoms with E-state index < -0.39 is 53.0 Å². The maximum atomic E-state index is 15.9. The van der Waals surface area contributed by atoms with Gasteiger partial charge in [0.1, 0.15) is 5.01 Å². The van der Waals surface area contributed by atoms with E-state index >= 15 is 4.39 Å². The quantitative estimate of drug-likeness (QED) is 0.179. The maximum absolute atomic E-state index is 15.9. The van der Waals surface area contributed by atoms with Crippen LogP contribution in [-0.2, 0) is 35.1 Å². The third-order valence-corrected chi connectivity index (χ3v) is 12.6. The number of nitrogens with zero attached hydrogens (tertiary/aromatic N) is 3. The number of hydrogen-bond acceptors (Lipinski definition) is 10. The molecule has 2 fully saturated rings. The number of Topliss-reactive ketones (excluding diaryl/α,β-unsaturated/α-hetero) is 1. The van der Waals surface area contributed by atoms with Crippen molar-refractivity contribution in [1.29, 1.82) is 0 Å². The SMILES string of the molecule is CC[C@H](C)[C@@H]([C@@H](CC(=O)N1CCC[C@H]1[C@H](OC)[C@@H](C)C(=O)N[C@@H](Cc1ccccc1)c1nccs1)OC)N(C)C(=O)[C@](N)(C(=O)[C@]1(F)CCNC1)C(C)C. The molecule has 2 aliphatic rings. The number of thiazole rings is 1. The van der Waals surface area contributed by atoms with Gasteiger partial charge >= 0.3 is 0 Å². The lowest BCUT2D eigenvalue weighted by molar-refractivity contribution is -0.156. The number of methoxy groups -OCH3 is 2. The van der Waals surface area contributed by atoms with Gasteiger partial charge < -0.3 is 35.6 Å². The number of nitrogens with two attached hydrogens (primary N) is 1. The summed E-state index contributed by atoms with van der Waals surface area (Å²) in [5.74, 6) is -3.48. The number of ether oxygens (including phenoxy) is 2. The Morgan fingerprint density at radius 3 is 2.43 bits per heavy atom. The number of halogens is 1. The molecule has 0 spiro atoms. The Morgan fingerprint density at radius 1 is 1.17 bits per heavy atom. The summed E-state index contributed by atoms with van der Waals surface area (Å²) in [6.07, 6.45) is 2.85. The predicted octanol–water partition coefficient (Wildman–Crippen LogP) is 4.09. The van der Waals surface area contributed by atoms with Gasteiger partial charge in [-0.2, -0.15) is 0 Å². The molecule has 9 atom stereocenters. The van der Waals surface area contributed by atoms with E-state index in [1.165, 1.54) is 23.3 Å². The first-order valence-corrected chi connectivity index (χ1v) is 20.1. The molecule has 3 amide bonds. The van der Waals surface area contributed by atoms with Crippen molar-refractivity contribution in [1.82, 2.24) is 25.4 Å². The molecule has 2 saturated heterocycles. The number of nitrogens with one attached hydrogen (secondary N) is 2. The molecule has 1 aromatic carbocycles. The third-order valence-electron chi connectivity index (χ3n) is 11.7. The first kappa shape index (κ1) is 43.4. The molecule has 4 N–H and O–H groups in total. The van der Waals surface area contributed by atoms with Crippen LogP contribution in [0.1, 0.15) is 83.3 Å². The Bertz CT molecular complexity index is 1540. The molecule has 54 heavy (non-hydrogen) atoms. The van der Waals surface area contributed by atoms with Crippen molar-refractivity contribution >= 4 is 34.8 Å². The minimum Gasteiger partial charge on any atom is -0.379 e. The van der Waals surface area contributed by atoms with Crippen molar-refractivity contribution in [3.8, 4) is 0 Å². The molecule has 0 radical (unpaired) electrons. The van der Waals surface area contributed by atoms with Gasteiger partial charge in [0.05, 0.1) is 42.7 Å². The Labute approximate surface area is 324 Å². The summed E-state index contributed by atoms with van der Waals surface area (Å²) in [6, 6.07) is 8.57. The van der Waals surface area contributed by atoms with Crippen LogP contribution in [0.5, 0.6) is 0 Å². The van der Waals surface area contributed by atoms with Crippen molar-refractivity contribution in [3.63, 3.8) is 0 Å². The van der Waals surface area contributed by atoms with Gasteiger partial charge in [-0.25, -0.2) is 9.37 Å². The van der Waals surface area contributed by atoms with Gasteiger partial charge in [0.2, 0.25) is 17.6 Å². The number of hydrogen-bond donors (Lipinski definition) is 3. The lowest BCUT2D eigenvalue weighted by Crippen LogP contribution is -2.70. The summed E-state index contributed by atoms with van der Waals surface area (Å²) in [6.45, 7) is 9.64. The maximum Gasteiger partial charge on any atom is 0.250 e. The molecule has 1 aromatic heterocycles. The van der Waals surface area contributed by atoms with Gasteiger partial charge in [-0.15, -0.1) is 11.3 Å². The molecule has 2 aromatic rings. The van der Waals surface area contributed by atoms with Crippen molar-refractivity contribution in [3.05, 3.63) is 52.5 Å². The average Bonchev–Trinajstić information content (AvgIpc) is 3.97. The molecule has 12 nitrogen and oxygen atoms in total. The lowest BCUT2D eigenvalue weighted by atomic mass is 9.75. The van der Waals surface area contributed by atoms with Gasteiger partial charge in [-0.3, -0.25) is 19.2 Å². The van der Waals surface area contributed by atoms with Gasteiger partial charge in [-0.05, 0) is 43.2 Å². The summed E-state index contributed by atoms with van der Waals surface area (Å²) in [5, 5.41) is 8.78. The Hall–Kier alpha value is -3.30. The zero-order chi connectivity index (χ0) is 39.8. The number of benzene rings is 1. The fourth-order valence-electron chi connectivity index (χ4n) is 8.18. The zero-order valence-electron chi connectivity index (χ0n) is 33.2. The summed E-state index contributed by atoms with van der Waals surface area (Å²) in [5.41, 5.74) is 3.36. The van der Waals surface area contributed by atoms with E-state index in [9.17, 15) is 19.2 Å². The number of rotatable bonds is 19. The monoisotopic (exact) mass is 772 g/mol. The lowest BCUT2D eigenvalue weighted by Gasteiger charge is -2.44. The number of likely N-dealkylation sites (tertiary alicyclic amines) is 1. The van der Waals surface area contributed by atoms with Gasteiger partial charge in [0.25, 0.3) is 5.91 Å².